The molecule has 80 valence electrons. The Balaban J connectivity index is 2.18. The Labute approximate surface area is 96.9 Å². The van der Waals surface area contributed by atoms with E-state index >= 15 is 0 Å². The van der Waals surface area contributed by atoms with Crippen LogP contribution in [-0.4, -0.2) is 17.0 Å². The molecule has 15 heavy (non-hydrogen) atoms. The van der Waals surface area contributed by atoms with Crippen molar-refractivity contribution in [1.29, 1.82) is 0 Å². The summed E-state index contributed by atoms with van der Waals surface area (Å²) in [7, 11) is 0. The summed E-state index contributed by atoms with van der Waals surface area (Å²) in [5.41, 5.74) is 0.305. The normalized spacial score (nSPS) is 20.2. The summed E-state index contributed by atoms with van der Waals surface area (Å²) >= 11 is 7.47. The van der Waals surface area contributed by atoms with Gasteiger partial charge in [0.15, 0.2) is 5.17 Å². The SMILES string of the molecule is CC1CN=C(Nc2c(F)cccc2Cl)S1. The van der Waals surface area contributed by atoms with E-state index in [1.807, 2.05) is 0 Å². The Bertz CT molecular complexity index is 388. The number of rotatable bonds is 1. The average molecular weight is 245 g/mol. The third-order valence-electron chi connectivity index (χ3n) is 2.00. The molecule has 0 radical (unpaired) electrons. The quantitative estimate of drug-likeness (QED) is 0.819. The summed E-state index contributed by atoms with van der Waals surface area (Å²) in [6.07, 6.45) is 0. The summed E-state index contributed by atoms with van der Waals surface area (Å²) in [5, 5.41) is 4.46. The summed E-state index contributed by atoms with van der Waals surface area (Å²) in [6.45, 7) is 2.84. The standard InChI is InChI=1S/C10H10ClFN2S/c1-6-5-13-10(15-6)14-9-7(11)3-2-4-8(9)12/h2-4,6H,5H2,1H3,(H,13,14). The number of aliphatic imine (C=N–C) groups is 1. The maximum absolute atomic E-state index is 13.4. The average Bonchev–Trinajstić information content (AvgIpc) is 2.58. The first-order valence-corrected chi connectivity index (χ1v) is 5.84. The van der Waals surface area contributed by atoms with Crippen LogP contribution in [0.5, 0.6) is 0 Å². The molecule has 2 rings (SSSR count). The van der Waals surface area contributed by atoms with E-state index in [4.69, 9.17) is 11.6 Å². The molecule has 5 heteroatoms. The molecule has 1 aromatic rings. The number of nitrogens with zero attached hydrogens (tertiary/aromatic N) is 1. The van der Waals surface area contributed by atoms with Gasteiger partial charge in [0, 0.05) is 5.25 Å². The van der Waals surface area contributed by atoms with Crippen LogP contribution < -0.4 is 5.32 Å². The van der Waals surface area contributed by atoms with E-state index in [9.17, 15) is 4.39 Å². The van der Waals surface area contributed by atoms with Crippen molar-refractivity contribution in [2.45, 2.75) is 12.2 Å². The fraction of sp³-hybridized carbons (Fsp3) is 0.300. The van der Waals surface area contributed by atoms with Crippen molar-refractivity contribution in [3.05, 3.63) is 29.0 Å². The Morgan fingerprint density at radius 3 is 3.00 bits per heavy atom. The first-order valence-electron chi connectivity index (χ1n) is 4.59. The minimum Gasteiger partial charge on any atom is -0.331 e. The molecule has 1 atom stereocenters. The van der Waals surface area contributed by atoms with Crippen LogP contribution in [0.3, 0.4) is 0 Å². The molecule has 0 aromatic heterocycles. The van der Waals surface area contributed by atoms with E-state index in [1.54, 1.807) is 23.9 Å². The second-order valence-corrected chi connectivity index (χ2v) is 5.13. The molecule has 0 amide bonds. The van der Waals surface area contributed by atoms with Gasteiger partial charge in [-0.2, -0.15) is 0 Å². The van der Waals surface area contributed by atoms with E-state index in [0.717, 1.165) is 11.7 Å². The van der Waals surface area contributed by atoms with Gasteiger partial charge in [0.25, 0.3) is 0 Å². The molecular weight excluding hydrogens is 235 g/mol. The zero-order chi connectivity index (χ0) is 10.8. The number of amidine groups is 1. The molecule has 1 aromatic carbocycles. The predicted molar refractivity (Wildman–Crippen MR) is 64.4 cm³/mol. The number of benzene rings is 1. The van der Waals surface area contributed by atoms with Crippen molar-refractivity contribution >= 4 is 34.2 Å². The van der Waals surface area contributed by atoms with Crippen molar-refractivity contribution in [3.8, 4) is 0 Å². The number of hydrogen-bond acceptors (Lipinski definition) is 3. The lowest BCUT2D eigenvalue weighted by molar-refractivity contribution is 0.632. The van der Waals surface area contributed by atoms with Crippen LogP contribution >= 0.6 is 23.4 Å². The Kier molecular flexibility index (Phi) is 3.17. The van der Waals surface area contributed by atoms with Crippen LogP contribution in [0.2, 0.25) is 5.02 Å². The second-order valence-electron chi connectivity index (χ2n) is 3.30. The summed E-state index contributed by atoms with van der Waals surface area (Å²) in [5.74, 6) is -0.356. The van der Waals surface area contributed by atoms with E-state index in [-0.39, 0.29) is 5.82 Å². The van der Waals surface area contributed by atoms with Crippen LogP contribution in [0.15, 0.2) is 23.2 Å². The largest absolute Gasteiger partial charge is 0.331 e. The third-order valence-corrected chi connectivity index (χ3v) is 3.32. The first kappa shape index (κ1) is 10.8. The van der Waals surface area contributed by atoms with Gasteiger partial charge in [-0.3, -0.25) is 4.99 Å². The van der Waals surface area contributed by atoms with Gasteiger partial charge in [-0.15, -0.1) is 0 Å². The van der Waals surface area contributed by atoms with E-state index in [1.165, 1.54) is 6.07 Å². The third kappa shape index (κ3) is 2.44. The predicted octanol–water partition coefficient (Wildman–Crippen LogP) is 3.38. The number of halogens is 2. The molecular formula is C10H10ClFN2S. The maximum Gasteiger partial charge on any atom is 0.161 e. The van der Waals surface area contributed by atoms with Gasteiger partial charge in [-0.05, 0) is 12.1 Å². The van der Waals surface area contributed by atoms with Gasteiger partial charge in [0.2, 0.25) is 0 Å². The number of hydrogen-bond donors (Lipinski definition) is 1. The molecule has 1 heterocycles. The molecule has 2 nitrogen and oxygen atoms in total. The van der Waals surface area contributed by atoms with Crippen molar-refractivity contribution in [3.63, 3.8) is 0 Å². The minimum absolute atomic E-state index is 0.305. The van der Waals surface area contributed by atoms with Crippen molar-refractivity contribution < 1.29 is 4.39 Å². The Morgan fingerprint density at radius 1 is 1.60 bits per heavy atom. The molecule has 0 spiro atoms. The Hall–Kier alpha value is -0.740. The molecule has 1 aliphatic rings. The van der Waals surface area contributed by atoms with Gasteiger partial charge in [0.05, 0.1) is 17.3 Å². The van der Waals surface area contributed by atoms with Gasteiger partial charge in [-0.25, -0.2) is 4.39 Å². The van der Waals surface area contributed by atoms with Crippen molar-refractivity contribution in [1.82, 2.24) is 0 Å². The highest BCUT2D eigenvalue weighted by Crippen LogP contribution is 2.28. The van der Waals surface area contributed by atoms with E-state index < -0.39 is 0 Å². The highest BCUT2D eigenvalue weighted by molar-refractivity contribution is 8.15. The van der Waals surface area contributed by atoms with Crippen LogP contribution in [0.1, 0.15) is 6.92 Å². The number of thioether (sulfide) groups is 1. The summed E-state index contributed by atoms with van der Waals surface area (Å²) in [4.78, 5) is 4.24. The molecule has 1 aliphatic heterocycles. The highest BCUT2D eigenvalue weighted by Gasteiger charge is 2.17. The van der Waals surface area contributed by atoms with Gasteiger partial charge in [-0.1, -0.05) is 36.4 Å². The zero-order valence-corrected chi connectivity index (χ0v) is 9.70. The number of anilines is 1. The molecule has 0 saturated carbocycles. The Morgan fingerprint density at radius 2 is 2.40 bits per heavy atom. The smallest absolute Gasteiger partial charge is 0.161 e. The fourth-order valence-electron chi connectivity index (χ4n) is 1.27. The maximum atomic E-state index is 13.4. The van der Waals surface area contributed by atoms with Crippen molar-refractivity contribution in [2.75, 3.05) is 11.9 Å². The molecule has 0 fully saturated rings. The first-order chi connectivity index (χ1) is 7.16. The zero-order valence-electron chi connectivity index (χ0n) is 8.13. The lowest BCUT2D eigenvalue weighted by Crippen LogP contribution is -2.08. The van der Waals surface area contributed by atoms with Crippen LogP contribution in [0, 0.1) is 5.82 Å². The highest BCUT2D eigenvalue weighted by atomic mass is 35.5. The van der Waals surface area contributed by atoms with Gasteiger partial charge >= 0.3 is 0 Å². The second kappa shape index (κ2) is 4.41. The minimum atomic E-state index is -0.356. The van der Waals surface area contributed by atoms with Crippen LogP contribution in [0.4, 0.5) is 10.1 Å². The lowest BCUT2D eigenvalue weighted by atomic mass is 10.3. The van der Waals surface area contributed by atoms with E-state index in [0.29, 0.717) is 16.0 Å². The topological polar surface area (TPSA) is 24.4 Å². The molecule has 0 aliphatic carbocycles. The summed E-state index contributed by atoms with van der Waals surface area (Å²) in [6, 6.07) is 4.60. The monoisotopic (exact) mass is 244 g/mol. The molecule has 0 saturated heterocycles. The van der Waals surface area contributed by atoms with Crippen molar-refractivity contribution in [2.24, 2.45) is 4.99 Å². The molecule has 0 bridgehead atoms. The number of nitrogens with one attached hydrogen (secondary N) is 1. The van der Waals surface area contributed by atoms with Crippen LogP contribution in [0.25, 0.3) is 0 Å². The van der Waals surface area contributed by atoms with Gasteiger partial charge in [0.1, 0.15) is 5.82 Å². The number of para-hydroxylation sites is 1. The molecule has 1 unspecified atom stereocenters. The molecule has 1 N–H and O–H groups in total. The van der Waals surface area contributed by atoms with E-state index in [2.05, 4.69) is 17.2 Å². The van der Waals surface area contributed by atoms with Gasteiger partial charge < -0.3 is 5.32 Å². The van der Waals surface area contributed by atoms with Crippen LogP contribution in [-0.2, 0) is 0 Å². The fourth-order valence-corrected chi connectivity index (χ4v) is 2.32. The summed E-state index contributed by atoms with van der Waals surface area (Å²) < 4.78 is 13.4. The lowest BCUT2D eigenvalue weighted by Gasteiger charge is -2.08.